The first-order valence-corrected chi connectivity index (χ1v) is 12.5. The molecule has 5 rings (SSSR count). The number of amides is 1. The maximum absolute atomic E-state index is 12.9. The van der Waals surface area contributed by atoms with Crippen molar-refractivity contribution >= 4 is 11.7 Å². The van der Waals surface area contributed by atoms with Crippen LogP contribution in [-0.4, -0.2) is 67.7 Å². The number of carbonyl (C=O) groups excluding carboxylic acids is 1. The molecule has 2 aliphatic rings. The van der Waals surface area contributed by atoms with E-state index in [9.17, 15) is 13.6 Å². The molecule has 1 saturated heterocycles. The van der Waals surface area contributed by atoms with E-state index in [0.29, 0.717) is 41.4 Å². The van der Waals surface area contributed by atoms with E-state index < -0.39 is 6.43 Å². The predicted octanol–water partition coefficient (Wildman–Crippen LogP) is 2.80. The summed E-state index contributed by atoms with van der Waals surface area (Å²) < 4.78 is 33.2. The molecule has 1 saturated carbocycles. The Morgan fingerprint density at radius 2 is 1.84 bits per heavy atom. The van der Waals surface area contributed by atoms with Gasteiger partial charge in [0.15, 0.2) is 5.82 Å². The normalized spacial score (nSPS) is 19.0. The van der Waals surface area contributed by atoms with E-state index in [1.165, 1.54) is 25.0 Å². The van der Waals surface area contributed by atoms with Crippen LogP contribution in [0.2, 0.25) is 0 Å². The number of rotatable bonds is 8. The summed E-state index contributed by atoms with van der Waals surface area (Å²) in [6.07, 6.45) is 2.10. The quantitative estimate of drug-likeness (QED) is 0.490. The summed E-state index contributed by atoms with van der Waals surface area (Å²) in [7, 11) is 0. The van der Waals surface area contributed by atoms with Crippen molar-refractivity contribution in [3.8, 4) is 11.6 Å². The van der Waals surface area contributed by atoms with Crippen LogP contribution in [0.4, 0.5) is 14.6 Å². The Kier molecular flexibility index (Phi) is 7.26. The molecular weight excluding hydrogens is 482 g/mol. The van der Waals surface area contributed by atoms with Crippen molar-refractivity contribution in [1.29, 1.82) is 0 Å². The molecule has 2 fully saturated rings. The van der Waals surface area contributed by atoms with Crippen LogP contribution in [0.5, 0.6) is 5.88 Å². The Labute approximate surface area is 213 Å². The van der Waals surface area contributed by atoms with Crippen LogP contribution in [0.1, 0.15) is 49.1 Å². The van der Waals surface area contributed by atoms with Crippen LogP contribution < -0.4 is 15.4 Å². The monoisotopic (exact) mass is 512 g/mol. The van der Waals surface area contributed by atoms with Crippen molar-refractivity contribution in [2.24, 2.45) is 5.73 Å². The molecule has 3 heterocycles. The SMILES string of the molecule is Cc1nnn(-c2ccc(C(F)F)cc2)c1COc1ccc(N2CCN(C3CCCC3)[C@H](C(N)=O)C2)nn1. The number of hydrogen-bond acceptors (Lipinski definition) is 8. The first-order chi connectivity index (χ1) is 17.9. The van der Waals surface area contributed by atoms with Gasteiger partial charge in [0.2, 0.25) is 11.8 Å². The van der Waals surface area contributed by atoms with Crippen molar-refractivity contribution in [2.75, 3.05) is 24.5 Å². The van der Waals surface area contributed by atoms with Crippen molar-refractivity contribution in [3.63, 3.8) is 0 Å². The molecule has 0 spiro atoms. The van der Waals surface area contributed by atoms with Crippen molar-refractivity contribution in [1.82, 2.24) is 30.1 Å². The number of alkyl halides is 2. The summed E-state index contributed by atoms with van der Waals surface area (Å²) in [5, 5.41) is 16.7. The number of aryl methyl sites for hydroxylation is 1. The number of nitrogens with two attached hydrogens (primary N) is 1. The molecule has 0 bridgehead atoms. The van der Waals surface area contributed by atoms with Crippen LogP contribution in [0.25, 0.3) is 5.69 Å². The van der Waals surface area contributed by atoms with E-state index in [-0.39, 0.29) is 24.1 Å². The lowest BCUT2D eigenvalue weighted by Gasteiger charge is -2.43. The average molecular weight is 513 g/mol. The second-order valence-corrected chi connectivity index (χ2v) is 9.48. The van der Waals surface area contributed by atoms with Crippen LogP contribution in [0.3, 0.4) is 0 Å². The molecule has 1 atom stereocenters. The zero-order chi connectivity index (χ0) is 25.9. The number of hydrogen-bond donors (Lipinski definition) is 1. The van der Waals surface area contributed by atoms with E-state index in [4.69, 9.17) is 10.5 Å². The van der Waals surface area contributed by atoms with Crippen molar-refractivity contribution in [3.05, 3.63) is 53.3 Å². The summed E-state index contributed by atoms with van der Waals surface area (Å²) >= 11 is 0. The first-order valence-electron chi connectivity index (χ1n) is 12.5. The fourth-order valence-corrected chi connectivity index (χ4v) is 5.14. The summed E-state index contributed by atoms with van der Waals surface area (Å²) in [6.45, 7) is 3.89. The molecule has 10 nitrogen and oxygen atoms in total. The summed E-state index contributed by atoms with van der Waals surface area (Å²) in [5.74, 6) is 0.667. The Bertz CT molecular complexity index is 1210. The van der Waals surface area contributed by atoms with E-state index in [1.54, 1.807) is 29.8 Å². The average Bonchev–Trinajstić information content (AvgIpc) is 3.57. The predicted molar refractivity (Wildman–Crippen MR) is 132 cm³/mol. The minimum atomic E-state index is -2.53. The molecule has 3 aromatic rings. The minimum absolute atomic E-state index is 0.0594. The highest BCUT2D eigenvalue weighted by Crippen LogP contribution is 2.28. The third-order valence-electron chi connectivity index (χ3n) is 7.20. The number of carbonyl (C=O) groups is 1. The van der Waals surface area contributed by atoms with Crippen molar-refractivity contribution < 1.29 is 18.3 Å². The lowest BCUT2D eigenvalue weighted by atomic mass is 10.1. The zero-order valence-electron chi connectivity index (χ0n) is 20.6. The first kappa shape index (κ1) is 25.0. The molecule has 0 radical (unpaired) electrons. The van der Waals surface area contributed by atoms with Gasteiger partial charge in [-0.1, -0.05) is 30.2 Å². The molecule has 196 valence electrons. The molecule has 1 amide bonds. The highest BCUT2D eigenvalue weighted by Gasteiger charge is 2.36. The van der Waals surface area contributed by atoms with Crippen LogP contribution >= 0.6 is 0 Å². The van der Waals surface area contributed by atoms with Crippen LogP contribution in [0.15, 0.2) is 36.4 Å². The smallest absolute Gasteiger partial charge is 0.263 e. The van der Waals surface area contributed by atoms with Gasteiger partial charge in [-0.05, 0) is 38.0 Å². The molecule has 12 heteroatoms. The molecule has 37 heavy (non-hydrogen) atoms. The number of halogens is 2. The van der Waals surface area contributed by atoms with Crippen LogP contribution in [0, 0.1) is 6.92 Å². The van der Waals surface area contributed by atoms with E-state index >= 15 is 0 Å². The van der Waals surface area contributed by atoms with E-state index in [2.05, 4.69) is 25.4 Å². The molecule has 1 aromatic carbocycles. The number of aromatic nitrogens is 5. The van der Waals surface area contributed by atoms with Gasteiger partial charge in [-0.2, -0.15) is 0 Å². The van der Waals surface area contributed by atoms with E-state index in [1.807, 2.05) is 11.0 Å². The number of primary amides is 1. The maximum Gasteiger partial charge on any atom is 0.263 e. The highest BCUT2D eigenvalue weighted by molar-refractivity contribution is 5.81. The third kappa shape index (κ3) is 5.38. The number of benzene rings is 1. The Morgan fingerprint density at radius 1 is 1.08 bits per heavy atom. The van der Waals surface area contributed by atoms with Gasteiger partial charge in [-0.15, -0.1) is 15.3 Å². The molecule has 1 aliphatic carbocycles. The van der Waals surface area contributed by atoms with Gasteiger partial charge in [0.25, 0.3) is 6.43 Å². The van der Waals surface area contributed by atoms with Gasteiger partial charge in [-0.3, -0.25) is 9.69 Å². The number of ether oxygens (including phenoxy) is 1. The number of piperazine rings is 1. The van der Waals surface area contributed by atoms with Gasteiger partial charge in [-0.25, -0.2) is 13.5 Å². The molecular formula is C25H30F2N8O2. The van der Waals surface area contributed by atoms with Gasteiger partial charge >= 0.3 is 0 Å². The summed E-state index contributed by atoms with van der Waals surface area (Å²) in [4.78, 5) is 16.5. The Balaban J connectivity index is 1.23. The summed E-state index contributed by atoms with van der Waals surface area (Å²) in [6, 6.07) is 9.49. The maximum atomic E-state index is 12.9. The standard InChI is InChI=1S/C25H30F2N8O2/c1-16-21(35(32-29-16)19-8-6-17(7-9-19)24(26)27)15-37-23-11-10-22(30-31-23)33-12-13-34(18-4-2-3-5-18)20(14-33)25(28)36/h6-11,18,20,24H,2-5,12-15H2,1H3,(H2,28,36)/t20-/m0/s1. The minimum Gasteiger partial charge on any atom is -0.470 e. The lowest BCUT2D eigenvalue weighted by molar-refractivity contribution is -0.124. The number of anilines is 1. The van der Waals surface area contributed by atoms with Crippen LogP contribution in [-0.2, 0) is 11.4 Å². The molecule has 0 unspecified atom stereocenters. The second kappa shape index (κ2) is 10.8. The number of nitrogens with zero attached hydrogens (tertiary/aromatic N) is 7. The Hall–Kier alpha value is -3.67. The molecule has 1 aliphatic heterocycles. The lowest BCUT2D eigenvalue weighted by Crippen LogP contribution is -2.60. The van der Waals surface area contributed by atoms with Gasteiger partial charge < -0.3 is 15.4 Å². The van der Waals surface area contributed by atoms with Gasteiger partial charge in [0.05, 0.1) is 11.4 Å². The topological polar surface area (TPSA) is 115 Å². The second-order valence-electron chi connectivity index (χ2n) is 9.48. The fourth-order valence-electron chi connectivity index (χ4n) is 5.14. The van der Waals surface area contributed by atoms with Crippen molar-refractivity contribution in [2.45, 2.75) is 57.7 Å². The van der Waals surface area contributed by atoms with E-state index in [0.717, 1.165) is 25.9 Å². The molecule has 2 aromatic heterocycles. The fraction of sp³-hybridized carbons (Fsp3) is 0.480. The summed E-state index contributed by atoms with van der Waals surface area (Å²) in [5.41, 5.74) is 7.62. The van der Waals surface area contributed by atoms with Gasteiger partial charge in [0, 0.05) is 37.3 Å². The van der Waals surface area contributed by atoms with Gasteiger partial charge in [0.1, 0.15) is 18.3 Å². The molecule has 2 N–H and O–H groups in total. The largest absolute Gasteiger partial charge is 0.470 e. The Morgan fingerprint density at radius 3 is 2.49 bits per heavy atom. The highest BCUT2D eigenvalue weighted by atomic mass is 19.3. The zero-order valence-corrected chi connectivity index (χ0v) is 20.6. The third-order valence-corrected chi connectivity index (χ3v) is 7.20.